The monoisotopic (exact) mass is 427 g/mol. The predicted octanol–water partition coefficient (Wildman–Crippen LogP) is 3.67. The Morgan fingerprint density at radius 2 is 1.70 bits per heavy atom. The van der Waals surface area contributed by atoms with E-state index in [9.17, 15) is 13.2 Å². The maximum atomic E-state index is 13.5. The first-order valence-electron chi connectivity index (χ1n) is 9.56. The minimum absolute atomic E-state index is 0.0213. The van der Waals surface area contributed by atoms with Gasteiger partial charge < -0.3 is 9.84 Å². The Bertz CT molecular complexity index is 1100. The molecule has 0 saturated heterocycles. The first kappa shape index (κ1) is 21.6. The fourth-order valence-corrected chi connectivity index (χ4v) is 4.94. The highest BCUT2D eigenvalue weighted by atomic mass is 32.2. The molecular formula is C22H25N3O4S. The summed E-state index contributed by atoms with van der Waals surface area (Å²) in [6.07, 6.45) is 0. The number of rotatable bonds is 7. The number of aromatic nitrogens is 1. The van der Waals surface area contributed by atoms with Crippen LogP contribution in [0.3, 0.4) is 0 Å². The standard InChI is InChI=1S/C22H25N3O4S/c1-15-10-12-20(13-11-15)25(30(27,28)22-17(3)24-29-18(22)4)14-21(26)23-16(2)19-8-6-5-7-9-19/h5-13,16H,14H2,1-4H3,(H,23,26)/t16-/m1/s1. The third-order valence-corrected chi connectivity index (χ3v) is 6.82. The molecule has 3 aromatic rings. The summed E-state index contributed by atoms with van der Waals surface area (Å²) >= 11 is 0. The summed E-state index contributed by atoms with van der Waals surface area (Å²) in [6, 6.07) is 16.2. The largest absolute Gasteiger partial charge is 0.360 e. The van der Waals surface area contributed by atoms with Crippen molar-refractivity contribution in [2.24, 2.45) is 0 Å². The lowest BCUT2D eigenvalue weighted by Crippen LogP contribution is -2.41. The van der Waals surface area contributed by atoms with Gasteiger partial charge in [0.15, 0.2) is 10.7 Å². The third-order valence-electron chi connectivity index (χ3n) is 4.80. The van der Waals surface area contributed by atoms with E-state index in [0.29, 0.717) is 5.69 Å². The molecule has 0 saturated carbocycles. The summed E-state index contributed by atoms with van der Waals surface area (Å²) in [4.78, 5) is 12.8. The number of nitrogens with zero attached hydrogens (tertiary/aromatic N) is 2. The quantitative estimate of drug-likeness (QED) is 0.621. The minimum Gasteiger partial charge on any atom is -0.360 e. The number of amides is 1. The van der Waals surface area contributed by atoms with Crippen molar-refractivity contribution in [1.82, 2.24) is 10.5 Å². The van der Waals surface area contributed by atoms with Crippen molar-refractivity contribution in [3.63, 3.8) is 0 Å². The van der Waals surface area contributed by atoms with Gasteiger partial charge in [-0.05, 0) is 45.4 Å². The Hall–Kier alpha value is -3.13. The van der Waals surface area contributed by atoms with Crippen molar-refractivity contribution >= 4 is 21.6 Å². The van der Waals surface area contributed by atoms with Crippen LogP contribution in [0.4, 0.5) is 5.69 Å². The minimum atomic E-state index is -4.06. The van der Waals surface area contributed by atoms with E-state index in [2.05, 4.69) is 10.5 Å². The zero-order valence-corrected chi connectivity index (χ0v) is 18.2. The molecule has 0 spiro atoms. The molecule has 3 rings (SSSR count). The maximum Gasteiger partial charge on any atom is 0.270 e. The van der Waals surface area contributed by atoms with Crippen LogP contribution in [0.1, 0.15) is 35.5 Å². The number of carbonyl (C=O) groups excluding carboxylic acids is 1. The highest BCUT2D eigenvalue weighted by molar-refractivity contribution is 7.93. The molecule has 8 heteroatoms. The van der Waals surface area contributed by atoms with Crippen LogP contribution >= 0.6 is 0 Å². The van der Waals surface area contributed by atoms with Crippen molar-refractivity contribution in [3.05, 3.63) is 77.2 Å². The average molecular weight is 428 g/mol. The summed E-state index contributed by atoms with van der Waals surface area (Å²) in [5.74, 6) is -0.232. The van der Waals surface area contributed by atoms with Crippen molar-refractivity contribution in [2.45, 2.75) is 38.6 Å². The average Bonchev–Trinajstić information content (AvgIpc) is 3.06. The van der Waals surface area contributed by atoms with E-state index >= 15 is 0 Å². The number of carbonyl (C=O) groups is 1. The van der Waals surface area contributed by atoms with Crippen LogP contribution in [0.25, 0.3) is 0 Å². The molecule has 0 fully saturated rings. The number of benzene rings is 2. The molecule has 1 aromatic heterocycles. The molecule has 1 heterocycles. The molecule has 0 aliphatic rings. The molecule has 1 N–H and O–H groups in total. The topological polar surface area (TPSA) is 92.5 Å². The zero-order chi connectivity index (χ0) is 21.9. The van der Waals surface area contributed by atoms with Gasteiger partial charge in [0.1, 0.15) is 12.2 Å². The lowest BCUT2D eigenvalue weighted by Gasteiger charge is -2.25. The van der Waals surface area contributed by atoms with Crippen LogP contribution in [0, 0.1) is 20.8 Å². The molecule has 7 nitrogen and oxygen atoms in total. The number of aryl methyl sites for hydroxylation is 3. The van der Waals surface area contributed by atoms with E-state index in [1.54, 1.807) is 31.2 Å². The van der Waals surface area contributed by atoms with Crippen LogP contribution in [-0.4, -0.2) is 26.0 Å². The van der Waals surface area contributed by atoms with Gasteiger partial charge in [0.25, 0.3) is 10.0 Å². The normalized spacial score (nSPS) is 12.4. The second-order valence-corrected chi connectivity index (χ2v) is 9.00. The van der Waals surface area contributed by atoms with Crippen molar-refractivity contribution in [3.8, 4) is 0 Å². The van der Waals surface area contributed by atoms with Gasteiger partial charge in [-0.3, -0.25) is 9.10 Å². The van der Waals surface area contributed by atoms with Gasteiger partial charge in [-0.1, -0.05) is 53.2 Å². The number of sulfonamides is 1. The van der Waals surface area contributed by atoms with Crippen LogP contribution in [0.2, 0.25) is 0 Å². The molecule has 30 heavy (non-hydrogen) atoms. The molecule has 0 unspecified atom stereocenters. The first-order chi connectivity index (χ1) is 14.2. The zero-order valence-electron chi connectivity index (χ0n) is 17.4. The summed E-state index contributed by atoms with van der Waals surface area (Å²) in [6.45, 7) is 6.50. The molecule has 0 bridgehead atoms. The van der Waals surface area contributed by atoms with Gasteiger partial charge in [0.2, 0.25) is 5.91 Å². The first-order valence-corrected chi connectivity index (χ1v) is 11.0. The van der Waals surface area contributed by atoms with Crippen molar-refractivity contribution < 1.29 is 17.7 Å². The fraction of sp³-hybridized carbons (Fsp3) is 0.273. The highest BCUT2D eigenvalue weighted by Crippen LogP contribution is 2.28. The maximum absolute atomic E-state index is 13.5. The van der Waals surface area contributed by atoms with Crippen LogP contribution < -0.4 is 9.62 Å². The Balaban J connectivity index is 1.92. The van der Waals surface area contributed by atoms with Crippen LogP contribution in [-0.2, 0) is 14.8 Å². The van der Waals surface area contributed by atoms with Gasteiger partial charge in [-0.2, -0.15) is 0 Å². The fourth-order valence-electron chi connectivity index (χ4n) is 3.22. The van der Waals surface area contributed by atoms with E-state index in [1.807, 2.05) is 44.2 Å². The molecular weight excluding hydrogens is 402 g/mol. The summed E-state index contributed by atoms with van der Waals surface area (Å²) < 4.78 is 33.1. The van der Waals surface area contributed by atoms with Crippen LogP contribution in [0.5, 0.6) is 0 Å². The van der Waals surface area contributed by atoms with Crippen molar-refractivity contribution in [2.75, 3.05) is 10.8 Å². The number of anilines is 1. The lowest BCUT2D eigenvalue weighted by molar-refractivity contribution is -0.120. The Morgan fingerprint density at radius 3 is 2.27 bits per heavy atom. The molecule has 1 amide bonds. The molecule has 2 aromatic carbocycles. The molecule has 0 radical (unpaired) electrons. The molecule has 158 valence electrons. The third kappa shape index (κ3) is 4.54. The van der Waals surface area contributed by atoms with Gasteiger partial charge >= 0.3 is 0 Å². The summed E-state index contributed by atoms with van der Waals surface area (Å²) in [5.41, 5.74) is 2.56. The van der Waals surface area contributed by atoms with Gasteiger partial charge in [-0.25, -0.2) is 8.42 Å². The molecule has 0 aliphatic carbocycles. The van der Waals surface area contributed by atoms with Crippen LogP contribution in [0.15, 0.2) is 64.0 Å². The SMILES string of the molecule is Cc1ccc(N(CC(=O)N[C@H](C)c2ccccc2)S(=O)(=O)c2c(C)noc2C)cc1. The van der Waals surface area contributed by atoms with Gasteiger partial charge in [0, 0.05) is 0 Å². The van der Waals surface area contributed by atoms with Gasteiger partial charge in [-0.15, -0.1) is 0 Å². The summed E-state index contributed by atoms with van der Waals surface area (Å²) in [5, 5.41) is 6.63. The van der Waals surface area contributed by atoms with Crippen molar-refractivity contribution in [1.29, 1.82) is 0 Å². The predicted molar refractivity (Wildman–Crippen MR) is 115 cm³/mol. The molecule has 0 aliphatic heterocycles. The Kier molecular flexibility index (Phi) is 6.26. The highest BCUT2D eigenvalue weighted by Gasteiger charge is 2.33. The Morgan fingerprint density at radius 1 is 1.07 bits per heavy atom. The van der Waals surface area contributed by atoms with E-state index in [4.69, 9.17) is 4.52 Å². The van der Waals surface area contributed by atoms with Gasteiger partial charge in [0.05, 0.1) is 11.7 Å². The molecule has 1 atom stereocenters. The number of hydrogen-bond donors (Lipinski definition) is 1. The number of nitrogens with one attached hydrogen (secondary N) is 1. The Labute approximate surface area is 176 Å². The number of hydrogen-bond acceptors (Lipinski definition) is 5. The smallest absolute Gasteiger partial charge is 0.270 e. The second kappa shape index (κ2) is 8.71. The van der Waals surface area contributed by atoms with E-state index in [0.717, 1.165) is 15.4 Å². The summed E-state index contributed by atoms with van der Waals surface area (Å²) in [7, 11) is -4.06. The van der Waals surface area contributed by atoms with E-state index in [-0.39, 0.29) is 28.9 Å². The lowest BCUT2D eigenvalue weighted by atomic mass is 10.1. The van der Waals surface area contributed by atoms with E-state index in [1.165, 1.54) is 6.92 Å². The second-order valence-electron chi connectivity index (χ2n) is 7.20. The van der Waals surface area contributed by atoms with E-state index < -0.39 is 15.9 Å².